The SMILES string of the molecule is C#Cc1cc(F)cnc1-c1cc(Cl)c(C(=O)Nc2cnc(-n3nccn3)c(C(F)(F)F)c2)cc1F. The Hall–Kier alpha value is -4.37. The van der Waals surface area contributed by atoms with Crippen molar-refractivity contribution in [3.05, 3.63) is 82.4 Å². The molecule has 1 N–H and O–H groups in total. The summed E-state index contributed by atoms with van der Waals surface area (Å²) in [5.41, 5.74) is -2.27. The molecule has 0 bridgehead atoms. The summed E-state index contributed by atoms with van der Waals surface area (Å²) in [5, 5.41) is 9.20. The van der Waals surface area contributed by atoms with Crippen molar-refractivity contribution in [2.24, 2.45) is 0 Å². The summed E-state index contributed by atoms with van der Waals surface area (Å²) < 4.78 is 68.9. The first kappa shape index (κ1) is 23.8. The van der Waals surface area contributed by atoms with E-state index in [0.29, 0.717) is 10.9 Å². The van der Waals surface area contributed by atoms with Gasteiger partial charge < -0.3 is 5.32 Å². The van der Waals surface area contributed by atoms with E-state index in [-0.39, 0.29) is 33.1 Å². The van der Waals surface area contributed by atoms with Crippen molar-refractivity contribution in [1.29, 1.82) is 0 Å². The molecule has 0 fully saturated rings. The number of hydrogen-bond acceptors (Lipinski definition) is 5. The van der Waals surface area contributed by atoms with Crippen LogP contribution in [0.2, 0.25) is 5.02 Å². The van der Waals surface area contributed by atoms with Crippen molar-refractivity contribution in [2.45, 2.75) is 6.18 Å². The molecule has 0 aliphatic heterocycles. The normalized spacial score (nSPS) is 11.2. The van der Waals surface area contributed by atoms with Crippen molar-refractivity contribution in [3.63, 3.8) is 0 Å². The summed E-state index contributed by atoms with van der Waals surface area (Å²) >= 11 is 6.14. The number of nitrogens with zero attached hydrogens (tertiary/aromatic N) is 5. The zero-order valence-electron chi connectivity index (χ0n) is 17.1. The predicted octanol–water partition coefficient (Wildman–Crippen LogP) is 4.91. The second kappa shape index (κ2) is 9.11. The van der Waals surface area contributed by atoms with E-state index in [2.05, 4.69) is 31.4 Å². The van der Waals surface area contributed by atoms with Gasteiger partial charge in [0.1, 0.15) is 17.2 Å². The maximum absolute atomic E-state index is 14.8. The Bertz CT molecular complexity index is 1480. The zero-order valence-corrected chi connectivity index (χ0v) is 17.9. The second-order valence-corrected chi connectivity index (χ2v) is 7.28. The summed E-state index contributed by atoms with van der Waals surface area (Å²) in [4.78, 5) is 20.8. The highest BCUT2D eigenvalue weighted by molar-refractivity contribution is 6.34. The average Bonchev–Trinajstić information content (AvgIpc) is 3.34. The second-order valence-electron chi connectivity index (χ2n) is 6.87. The highest BCUT2D eigenvalue weighted by Gasteiger charge is 2.36. The number of amides is 1. The van der Waals surface area contributed by atoms with Crippen LogP contribution in [-0.4, -0.2) is 30.9 Å². The number of terminal acetylenes is 1. The van der Waals surface area contributed by atoms with Crippen molar-refractivity contribution < 1.29 is 26.7 Å². The van der Waals surface area contributed by atoms with Crippen LogP contribution < -0.4 is 5.32 Å². The molecule has 0 aliphatic rings. The van der Waals surface area contributed by atoms with Crippen molar-refractivity contribution in [2.75, 3.05) is 5.32 Å². The highest BCUT2D eigenvalue weighted by Crippen LogP contribution is 2.35. The molecule has 0 unspecified atom stereocenters. The van der Waals surface area contributed by atoms with E-state index in [0.717, 1.165) is 30.6 Å². The molecular formula is C22H10ClF5N6O. The lowest BCUT2D eigenvalue weighted by Crippen LogP contribution is -2.17. The van der Waals surface area contributed by atoms with Gasteiger partial charge in [-0.15, -0.1) is 11.2 Å². The van der Waals surface area contributed by atoms with E-state index in [1.165, 1.54) is 12.4 Å². The number of hydrogen-bond donors (Lipinski definition) is 1. The maximum atomic E-state index is 14.8. The molecular weight excluding hydrogens is 495 g/mol. The largest absolute Gasteiger partial charge is 0.420 e. The minimum Gasteiger partial charge on any atom is -0.321 e. The number of benzene rings is 1. The molecule has 4 aromatic rings. The Kier molecular flexibility index (Phi) is 6.19. The monoisotopic (exact) mass is 504 g/mol. The van der Waals surface area contributed by atoms with E-state index < -0.39 is 35.1 Å². The topological polar surface area (TPSA) is 85.6 Å². The fourth-order valence-electron chi connectivity index (χ4n) is 3.08. The van der Waals surface area contributed by atoms with Gasteiger partial charge in [0.25, 0.3) is 5.91 Å². The van der Waals surface area contributed by atoms with Crippen LogP contribution in [0.15, 0.2) is 49.1 Å². The van der Waals surface area contributed by atoms with E-state index in [1.54, 1.807) is 0 Å². The van der Waals surface area contributed by atoms with E-state index in [4.69, 9.17) is 18.0 Å². The Balaban J connectivity index is 1.67. The maximum Gasteiger partial charge on any atom is 0.420 e. The van der Waals surface area contributed by atoms with Crippen LogP contribution >= 0.6 is 11.6 Å². The molecule has 176 valence electrons. The fourth-order valence-corrected chi connectivity index (χ4v) is 3.33. The van der Waals surface area contributed by atoms with Gasteiger partial charge in [-0.3, -0.25) is 9.78 Å². The van der Waals surface area contributed by atoms with Crippen LogP contribution in [0.25, 0.3) is 17.1 Å². The Labute approximate surface area is 198 Å². The molecule has 0 spiro atoms. The predicted molar refractivity (Wildman–Crippen MR) is 115 cm³/mol. The van der Waals surface area contributed by atoms with Crippen LogP contribution in [0, 0.1) is 24.0 Å². The van der Waals surface area contributed by atoms with Crippen molar-refractivity contribution in [1.82, 2.24) is 25.0 Å². The molecule has 0 saturated heterocycles. The molecule has 4 rings (SSSR count). The summed E-state index contributed by atoms with van der Waals surface area (Å²) in [7, 11) is 0. The summed E-state index contributed by atoms with van der Waals surface area (Å²) in [5.74, 6) is -1.13. The molecule has 13 heteroatoms. The molecule has 0 radical (unpaired) electrons. The van der Waals surface area contributed by atoms with Gasteiger partial charge in [0, 0.05) is 5.56 Å². The molecule has 0 atom stereocenters. The molecule has 1 aromatic carbocycles. The van der Waals surface area contributed by atoms with E-state index in [1.807, 2.05) is 0 Å². The molecule has 0 saturated carbocycles. The van der Waals surface area contributed by atoms with Gasteiger partial charge in [0.05, 0.1) is 52.3 Å². The summed E-state index contributed by atoms with van der Waals surface area (Å²) in [6.07, 6.45) is 4.60. The first-order valence-corrected chi connectivity index (χ1v) is 9.83. The first-order valence-electron chi connectivity index (χ1n) is 9.45. The van der Waals surface area contributed by atoms with Gasteiger partial charge in [-0.25, -0.2) is 13.8 Å². The summed E-state index contributed by atoms with van der Waals surface area (Å²) in [6.45, 7) is 0. The number of aromatic nitrogens is 5. The lowest BCUT2D eigenvalue weighted by Gasteiger charge is -2.14. The number of carbonyl (C=O) groups excluding carboxylic acids is 1. The minimum absolute atomic E-state index is 0.0466. The van der Waals surface area contributed by atoms with Crippen LogP contribution in [0.4, 0.5) is 27.6 Å². The molecule has 35 heavy (non-hydrogen) atoms. The van der Waals surface area contributed by atoms with Crippen molar-refractivity contribution >= 4 is 23.2 Å². The number of pyridine rings is 2. The number of nitrogens with one attached hydrogen (secondary N) is 1. The molecule has 3 aromatic heterocycles. The number of halogens is 6. The third-order valence-corrected chi connectivity index (χ3v) is 4.92. The average molecular weight is 505 g/mol. The number of rotatable bonds is 4. The molecule has 3 heterocycles. The molecule has 0 aliphatic carbocycles. The van der Waals surface area contributed by atoms with Gasteiger partial charge in [-0.2, -0.15) is 23.4 Å². The van der Waals surface area contributed by atoms with Gasteiger partial charge in [-0.1, -0.05) is 17.5 Å². The lowest BCUT2D eigenvalue weighted by atomic mass is 10.0. The van der Waals surface area contributed by atoms with Crippen LogP contribution in [0.1, 0.15) is 21.5 Å². The summed E-state index contributed by atoms with van der Waals surface area (Å²) in [6, 6.07) is 3.42. The van der Waals surface area contributed by atoms with Gasteiger partial charge in [0.2, 0.25) is 0 Å². The Morgan fingerprint density at radius 3 is 2.43 bits per heavy atom. The zero-order chi connectivity index (χ0) is 25.3. The third-order valence-electron chi connectivity index (χ3n) is 4.60. The van der Waals surface area contributed by atoms with Gasteiger partial charge in [-0.05, 0) is 24.3 Å². The number of anilines is 1. The number of carbonyl (C=O) groups is 1. The lowest BCUT2D eigenvalue weighted by molar-refractivity contribution is -0.137. The van der Waals surface area contributed by atoms with E-state index >= 15 is 0 Å². The smallest absolute Gasteiger partial charge is 0.321 e. The van der Waals surface area contributed by atoms with Crippen molar-refractivity contribution in [3.8, 4) is 29.4 Å². The standard InChI is InChI=1S/C22H10ClF5N6O/c1-2-11-5-12(24)9-29-19(11)15-7-17(23)14(8-18(15)25)21(35)33-13-6-16(22(26,27)28)20(30-10-13)34-31-3-4-32-34/h1,3-10H,(H,33,35). The molecule has 1 amide bonds. The molecule has 7 nitrogen and oxygen atoms in total. The third kappa shape index (κ3) is 4.80. The first-order chi connectivity index (χ1) is 16.6. The quantitative estimate of drug-likeness (QED) is 0.315. The van der Waals surface area contributed by atoms with E-state index in [9.17, 15) is 26.7 Å². The fraction of sp³-hybridized carbons (Fsp3) is 0.0455. The Morgan fingerprint density at radius 2 is 1.77 bits per heavy atom. The highest BCUT2D eigenvalue weighted by atomic mass is 35.5. The number of alkyl halides is 3. The van der Waals surface area contributed by atoms with Gasteiger partial charge in [0.15, 0.2) is 5.82 Å². The van der Waals surface area contributed by atoms with Crippen LogP contribution in [0.5, 0.6) is 0 Å². The minimum atomic E-state index is -4.85. The van der Waals surface area contributed by atoms with Gasteiger partial charge >= 0.3 is 6.18 Å². The van der Waals surface area contributed by atoms with Crippen LogP contribution in [0.3, 0.4) is 0 Å². The Morgan fingerprint density at radius 1 is 1.06 bits per heavy atom. The van der Waals surface area contributed by atoms with Crippen LogP contribution in [-0.2, 0) is 6.18 Å².